The number of nitrogens with zero attached hydrogens (tertiary/aromatic N) is 1. The molecule has 0 spiro atoms. The maximum absolute atomic E-state index is 11.9. The van der Waals surface area contributed by atoms with Crippen LogP contribution in [0.3, 0.4) is 0 Å². The van der Waals surface area contributed by atoms with Crippen LogP contribution in [0.1, 0.15) is 26.7 Å². The van der Waals surface area contributed by atoms with Gasteiger partial charge in [-0.2, -0.15) is 0 Å². The van der Waals surface area contributed by atoms with Crippen molar-refractivity contribution in [2.45, 2.75) is 32.7 Å². The van der Waals surface area contributed by atoms with Gasteiger partial charge in [0.05, 0.1) is 13.0 Å². The van der Waals surface area contributed by atoms with Crippen molar-refractivity contribution in [3.05, 3.63) is 0 Å². The summed E-state index contributed by atoms with van der Waals surface area (Å²) in [6, 6.07) is -0.303. The van der Waals surface area contributed by atoms with Gasteiger partial charge in [-0.1, -0.05) is 6.92 Å². The minimum atomic E-state index is -0.303. The van der Waals surface area contributed by atoms with Crippen molar-refractivity contribution in [3.8, 4) is 0 Å². The molecule has 1 aliphatic rings. The van der Waals surface area contributed by atoms with Gasteiger partial charge >= 0.3 is 0 Å². The summed E-state index contributed by atoms with van der Waals surface area (Å²) in [5, 5.41) is 2.77. The van der Waals surface area contributed by atoms with Crippen molar-refractivity contribution in [2.24, 2.45) is 0 Å². The van der Waals surface area contributed by atoms with Crippen LogP contribution in [0, 0.1) is 0 Å². The molecule has 0 aromatic rings. The van der Waals surface area contributed by atoms with Crippen LogP contribution in [0.15, 0.2) is 0 Å². The Bertz CT molecular complexity index is 256. The summed E-state index contributed by atoms with van der Waals surface area (Å²) in [6.07, 6.45) is 1.02. The normalized spacial score (nSPS) is 20.8. The molecule has 1 fully saturated rings. The van der Waals surface area contributed by atoms with E-state index in [4.69, 9.17) is 4.74 Å². The minimum absolute atomic E-state index is 0.00940. The van der Waals surface area contributed by atoms with Gasteiger partial charge in [0.15, 0.2) is 0 Å². The van der Waals surface area contributed by atoms with Crippen LogP contribution < -0.4 is 5.32 Å². The molecule has 0 radical (unpaired) electrons. The zero-order valence-corrected chi connectivity index (χ0v) is 9.99. The number of amides is 2. The predicted molar refractivity (Wildman–Crippen MR) is 59.9 cm³/mol. The maximum Gasteiger partial charge on any atom is 0.242 e. The molecule has 0 saturated carbocycles. The van der Waals surface area contributed by atoms with E-state index in [9.17, 15) is 9.59 Å². The molecule has 1 heterocycles. The summed E-state index contributed by atoms with van der Waals surface area (Å²) in [5.74, 6) is -0.0336. The van der Waals surface area contributed by atoms with Crippen molar-refractivity contribution < 1.29 is 14.3 Å². The van der Waals surface area contributed by atoms with E-state index in [1.165, 1.54) is 0 Å². The molecule has 2 amide bonds. The van der Waals surface area contributed by atoms with E-state index < -0.39 is 0 Å². The number of carbonyl (C=O) groups is 2. The quantitative estimate of drug-likeness (QED) is 0.681. The van der Waals surface area contributed by atoms with Crippen LogP contribution in [0.5, 0.6) is 0 Å². The predicted octanol–water partition coefficient (Wildman–Crippen LogP) is 0.150. The van der Waals surface area contributed by atoms with Gasteiger partial charge in [-0.15, -0.1) is 0 Å². The van der Waals surface area contributed by atoms with E-state index in [0.29, 0.717) is 39.1 Å². The molecule has 5 nitrogen and oxygen atoms in total. The van der Waals surface area contributed by atoms with Gasteiger partial charge < -0.3 is 15.0 Å². The first kappa shape index (κ1) is 13.0. The van der Waals surface area contributed by atoms with E-state index in [0.717, 1.165) is 0 Å². The molecule has 1 rings (SSSR count). The summed E-state index contributed by atoms with van der Waals surface area (Å²) < 4.78 is 5.14. The smallest absolute Gasteiger partial charge is 0.242 e. The molecule has 0 aliphatic carbocycles. The van der Waals surface area contributed by atoms with Gasteiger partial charge in [-0.3, -0.25) is 9.59 Å². The Morgan fingerprint density at radius 3 is 2.94 bits per heavy atom. The van der Waals surface area contributed by atoms with Gasteiger partial charge in [0.1, 0.15) is 6.04 Å². The summed E-state index contributed by atoms with van der Waals surface area (Å²) in [4.78, 5) is 25.1. The molecular formula is C11H20N2O3. The highest BCUT2D eigenvalue weighted by atomic mass is 16.5. The van der Waals surface area contributed by atoms with Crippen molar-refractivity contribution in [2.75, 3.05) is 26.3 Å². The van der Waals surface area contributed by atoms with Crippen molar-refractivity contribution in [1.82, 2.24) is 10.2 Å². The molecule has 1 saturated heterocycles. The highest BCUT2D eigenvalue weighted by Gasteiger charge is 2.30. The maximum atomic E-state index is 11.9. The minimum Gasteiger partial charge on any atom is -0.381 e. The fraction of sp³-hybridized carbons (Fsp3) is 0.818. The highest BCUT2D eigenvalue weighted by molar-refractivity contribution is 5.88. The van der Waals surface area contributed by atoms with Gasteiger partial charge in [-0.05, 0) is 13.3 Å². The van der Waals surface area contributed by atoms with E-state index in [1.54, 1.807) is 4.90 Å². The molecule has 16 heavy (non-hydrogen) atoms. The molecule has 1 atom stereocenters. The van der Waals surface area contributed by atoms with E-state index >= 15 is 0 Å². The number of carbonyl (C=O) groups excluding carboxylic acids is 2. The zero-order valence-electron chi connectivity index (χ0n) is 9.99. The third-order valence-corrected chi connectivity index (χ3v) is 2.70. The highest BCUT2D eigenvalue weighted by Crippen LogP contribution is 2.10. The molecule has 5 heteroatoms. The lowest BCUT2D eigenvalue weighted by atomic mass is 10.1. The summed E-state index contributed by atoms with van der Waals surface area (Å²) in [6.45, 7) is 6.02. The largest absolute Gasteiger partial charge is 0.381 e. The van der Waals surface area contributed by atoms with Crippen molar-refractivity contribution >= 4 is 11.8 Å². The van der Waals surface area contributed by atoms with Crippen LogP contribution in [-0.4, -0.2) is 49.1 Å². The number of rotatable bonds is 5. The Labute approximate surface area is 96.1 Å². The Kier molecular flexibility index (Phi) is 5.25. The Morgan fingerprint density at radius 2 is 2.31 bits per heavy atom. The number of ether oxygens (including phenoxy) is 1. The van der Waals surface area contributed by atoms with Crippen molar-refractivity contribution in [3.63, 3.8) is 0 Å². The first-order valence-electron chi connectivity index (χ1n) is 5.85. The topological polar surface area (TPSA) is 58.6 Å². The average Bonchev–Trinajstić information content (AvgIpc) is 2.29. The lowest BCUT2D eigenvalue weighted by Gasteiger charge is -2.34. The molecule has 0 bridgehead atoms. The number of hydrogen-bond acceptors (Lipinski definition) is 3. The second-order valence-corrected chi connectivity index (χ2v) is 3.75. The Hall–Kier alpha value is -1.10. The van der Waals surface area contributed by atoms with Crippen LogP contribution in [0.2, 0.25) is 0 Å². The number of hydrogen-bond donors (Lipinski definition) is 1. The van der Waals surface area contributed by atoms with Crippen LogP contribution in [-0.2, 0) is 14.3 Å². The summed E-state index contributed by atoms with van der Waals surface area (Å²) in [7, 11) is 0. The van der Waals surface area contributed by atoms with Crippen molar-refractivity contribution in [1.29, 1.82) is 0 Å². The fourth-order valence-electron chi connectivity index (χ4n) is 1.87. The Balaban J connectivity index is 2.48. The average molecular weight is 228 g/mol. The molecule has 0 aromatic heterocycles. The molecular weight excluding hydrogens is 208 g/mol. The number of piperazine rings is 1. The third kappa shape index (κ3) is 3.20. The zero-order chi connectivity index (χ0) is 12.0. The first-order valence-corrected chi connectivity index (χ1v) is 5.85. The second kappa shape index (κ2) is 6.48. The summed E-state index contributed by atoms with van der Waals surface area (Å²) in [5.41, 5.74) is 0. The van der Waals surface area contributed by atoms with Crippen LogP contribution >= 0.6 is 0 Å². The van der Waals surface area contributed by atoms with Crippen LogP contribution in [0.25, 0.3) is 0 Å². The van der Waals surface area contributed by atoms with Gasteiger partial charge in [0.2, 0.25) is 11.8 Å². The molecule has 1 aliphatic heterocycles. The van der Waals surface area contributed by atoms with E-state index in [2.05, 4.69) is 5.32 Å². The lowest BCUT2D eigenvalue weighted by molar-refractivity contribution is -0.144. The van der Waals surface area contributed by atoms with Gasteiger partial charge in [-0.25, -0.2) is 0 Å². The molecule has 1 N–H and O–H groups in total. The lowest BCUT2D eigenvalue weighted by Crippen LogP contribution is -2.57. The van der Waals surface area contributed by atoms with Gasteiger partial charge in [0, 0.05) is 19.7 Å². The first-order chi connectivity index (χ1) is 7.70. The third-order valence-electron chi connectivity index (χ3n) is 2.70. The second-order valence-electron chi connectivity index (χ2n) is 3.75. The Morgan fingerprint density at radius 1 is 1.56 bits per heavy atom. The SMILES string of the molecule is CCOCCC(=O)N1CCNC(=O)C1CC. The molecule has 0 aromatic carbocycles. The summed E-state index contributed by atoms with van der Waals surface area (Å²) >= 11 is 0. The van der Waals surface area contributed by atoms with Gasteiger partial charge in [0.25, 0.3) is 0 Å². The van der Waals surface area contributed by atoms with Crippen LogP contribution in [0.4, 0.5) is 0 Å². The fourth-order valence-corrected chi connectivity index (χ4v) is 1.87. The molecule has 92 valence electrons. The van der Waals surface area contributed by atoms with E-state index in [-0.39, 0.29) is 17.9 Å². The monoisotopic (exact) mass is 228 g/mol. The standard InChI is InChI=1S/C11H20N2O3/c1-3-9-11(15)12-6-7-13(9)10(14)5-8-16-4-2/h9H,3-8H2,1-2H3,(H,12,15). The van der Waals surface area contributed by atoms with E-state index in [1.807, 2.05) is 13.8 Å². The number of nitrogens with one attached hydrogen (secondary N) is 1. The molecule has 1 unspecified atom stereocenters.